The summed E-state index contributed by atoms with van der Waals surface area (Å²) in [5, 5.41) is 3.36. The number of hydrogen-bond acceptors (Lipinski definition) is 1. The smallest absolute Gasteiger partial charge is 0.194 e. The predicted molar refractivity (Wildman–Crippen MR) is 81.5 cm³/mol. The van der Waals surface area contributed by atoms with Gasteiger partial charge >= 0.3 is 0 Å². The van der Waals surface area contributed by atoms with E-state index in [-0.39, 0.29) is 0 Å². The van der Waals surface area contributed by atoms with E-state index >= 15 is 0 Å². The Balaban J connectivity index is 2.01. The van der Waals surface area contributed by atoms with Crippen molar-refractivity contribution < 1.29 is 0 Å². The van der Waals surface area contributed by atoms with Crippen molar-refractivity contribution in [1.29, 1.82) is 0 Å². The molecule has 3 heteroatoms. The second-order valence-electron chi connectivity index (χ2n) is 4.83. The van der Waals surface area contributed by atoms with Gasteiger partial charge in [-0.3, -0.25) is 0 Å². The van der Waals surface area contributed by atoms with Crippen LogP contribution in [0.25, 0.3) is 0 Å². The lowest BCUT2D eigenvalue weighted by Crippen LogP contribution is -2.40. The van der Waals surface area contributed by atoms with E-state index in [9.17, 15) is 0 Å². The van der Waals surface area contributed by atoms with Gasteiger partial charge in [-0.15, -0.1) is 6.58 Å². The van der Waals surface area contributed by atoms with Crippen LogP contribution in [0.1, 0.15) is 24.8 Å². The molecule has 0 aliphatic carbocycles. The van der Waals surface area contributed by atoms with Crippen LogP contribution in [0.2, 0.25) is 0 Å². The van der Waals surface area contributed by atoms with Crippen LogP contribution in [0.5, 0.6) is 0 Å². The Kier molecular flexibility index (Phi) is 5.01. The van der Waals surface area contributed by atoms with E-state index in [0.29, 0.717) is 12.5 Å². The van der Waals surface area contributed by atoms with Gasteiger partial charge in [0.15, 0.2) is 5.96 Å². The number of aliphatic imine (C=N–C) groups is 1. The minimum Gasteiger partial charge on any atom is -0.357 e. The summed E-state index contributed by atoms with van der Waals surface area (Å²) in [5.41, 5.74) is 1.43. The molecule has 1 aromatic carbocycles. The number of nitrogens with zero attached hydrogens (tertiary/aromatic N) is 2. The molecule has 0 aromatic heterocycles. The third-order valence-electron chi connectivity index (χ3n) is 3.46. The Labute approximate surface area is 116 Å². The number of nitrogens with one attached hydrogen (secondary N) is 1. The second-order valence-corrected chi connectivity index (χ2v) is 4.83. The van der Waals surface area contributed by atoms with Crippen LogP contribution in [0.3, 0.4) is 0 Å². The van der Waals surface area contributed by atoms with Crippen molar-refractivity contribution in [2.24, 2.45) is 4.99 Å². The van der Waals surface area contributed by atoms with E-state index in [1.54, 1.807) is 0 Å². The van der Waals surface area contributed by atoms with E-state index < -0.39 is 0 Å². The van der Waals surface area contributed by atoms with Gasteiger partial charge in [0.2, 0.25) is 0 Å². The molecule has 19 heavy (non-hydrogen) atoms. The Bertz CT molecular complexity index is 425. The van der Waals surface area contributed by atoms with E-state index in [0.717, 1.165) is 25.6 Å². The standard InChI is InChI=1S/C16H23N3/c1-3-11-18-16(17-4-2)19-12-10-15(13-19)14-8-6-5-7-9-14/h3,5-9,15H,1,4,10-13H2,2H3,(H,17,18). The minimum absolute atomic E-state index is 0.619. The van der Waals surface area contributed by atoms with Gasteiger partial charge in [0, 0.05) is 25.6 Å². The monoisotopic (exact) mass is 257 g/mol. The third-order valence-corrected chi connectivity index (χ3v) is 3.46. The third kappa shape index (κ3) is 3.60. The van der Waals surface area contributed by atoms with Gasteiger partial charge in [-0.2, -0.15) is 0 Å². The van der Waals surface area contributed by atoms with E-state index in [2.05, 4.69) is 59.0 Å². The topological polar surface area (TPSA) is 27.6 Å². The average Bonchev–Trinajstić information content (AvgIpc) is 2.94. The van der Waals surface area contributed by atoms with Crippen molar-refractivity contribution in [3.05, 3.63) is 48.6 Å². The van der Waals surface area contributed by atoms with Gasteiger partial charge in [-0.1, -0.05) is 36.4 Å². The van der Waals surface area contributed by atoms with Gasteiger partial charge in [0.1, 0.15) is 0 Å². The fourth-order valence-electron chi connectivity index (χ4n) is 2.53. The van der Waals surface area contributed by atoms with Gasteiger partial charge < -0.3 is 10.2 Å². The van der Waals surface area contributed by atoms with Crippen molar-refractivity contribution >= 4 is 5.96 Å². The molecule has 102 valence electrons. The molecular formula is C16H23N3. The van der Waals surface area contributed by atoms with Crippen molar-refractivity contribution in [3.63, 3.8) is 0 Å². The van der Waals surface area contributed by atoms with Crippen molar-refractivity contribution in [2.45, 2.75) is 19.3 Å². The molecule has 0 saturated carbocycles. The highest BCUT2D eigenvalue weighted by Crippen LogP contribution is 2.26. The van der Waals surface area contributed by atoms with E-state index in [1.165, 1.54) is 12.0 Å². The highest BCUT2D eigenvalue weighted by atomic mass is 15.3. The van der Waals surface area contributed by atoms with Crippen LogP contribution in [-0.4, -0.2) is 37.0 Å². The zero-order valence-electron chi connectivity index (χ0n) is 11.7. The Morgan fingerprint density at radius 1 is 1.47 bits per heavy atom. The summed E-state index contributed by atoms with van der Waals surface area (Å²) >= 11 is 0. The number of hydrogen-bond donors (Lipinski definition) is 1. The van der Waals surface area contributed by atoms with Crippen LogP contribution in [0.4, 0.5) is 0 Å². The van der Waals surface area contributed by atoms with Crippen molar-refractivity contribution in [1.82, 2.24) is 10.2 Å². The predicted octanol–water partition coefficient (Wildman–Crippen LogP) is 2.63. The molecule has 0 bridgehead atoms. The first kappa shape index (κ1) is 13.7. The van der Waals surface area contributed by atoms with E-state index in [4.69, 9.17) is 0 Å². The summed E-state index contributed by atoms with van der Waals surface area (Å²) in [4.78, 5) is 6.91. The maximum Gasteiger partial charge on any atom is 0.194 e. The summed E-state index contributed by atoms with van der Waals surface area (Å²) in [6, 6.07) is 10.8. The van der Waals surface area contributed by atoms with Crippen LogP contribution >= 0.6 is 0 Å². The molecule has 1 unspecified atom stereocenters. The molecule has 0 spiro atoms. The van der Waals surface area contributed by atoms with E-state index in [1.807, 2.05) is 6.08 Å². The number of likely N-dealkylation sites (tertiary alicyclic amines) is 1. The Morgan fingerprint density at radius 3 is 2.95 bits per heavy atom. The van der Waals surface area contributed by atoms with Gasteiger partial charge in [0.25, 0.3) is 0 Å². The fourth-order valence-corrected chi connectivity index (χ4v) is 2.53. The lowest BCUT2D eigenvalue weighted by molar-refractivity contribution is 0.487. The minimum atomic E-state index is 0.619. The highest BCUT2D eigenvalue weighted by molar-refractivity contribution is 5.80. The maximum atomic E-state index is 4.56. The van der Waals surface area contributed by atoms with Crippen molar-refractivity contribution in [2.75, 3.05) is 26.2 Å². The molecule has 0 amide bonds. The molecule has 1 aliphatic rings. The summed E-state index contributed by atoms with van der Waals surface area (Å²) in [5.74, 6) is 1.63. The molecule has 1 N–H and O–H groups in total. The lowest BCUT2D eigenvalue weighted by Gasteiger charge is -2.21. The first-order valence-electron chi connectivity index (χ1n) is 7.04. The van der Waals surface area contributed by atoms with Crippen molar-refractivity contribution in [3.8, 4) is 0 Å². The molecule has 3 nitrogen and oxygen atoms in total. The average molecular weight is 257 g/mol. The zero-order chi connectivity index (χ0) is 13.5. The van der Waals surface area contributed by atoms with Gasteiger partial charge in [-0.25, -0.2) is 4.99 Å². The SMILES string of the molecule is C=CCN=C(NCC)N1CCC(c2ccccc2)C1. The molecule has 1 aliphatic heterocycles. The van der Waals surface area contributed by atoms with Crippen LogP contribution in [-0.2, 0) is 0 Å². The Hall–Kier alpha value is -1.77. The summed E-state index contributed by atoms with van der Waals surface area (Å²) in [6.45, 7) is 9.54. The number of rotatable bonds is 4. The normalized spacial score (nSPS) is 19.5. The highest BCUT2D eigenvalue weighted by Gasteiger charge is 2.25. The fraction of sp³-hybridized carbons (Fsp3) is 0.438. The number of guanidine groups is 1. The lowest BCUT2D eigenvalue weighted by atomic mass is 9.99. The molecule has 0 radical (unpaired) electrons. The number of benzene rings is 1. The largest absolute Gasteiger partial charge is 0.357 e. The zero-order valence-corrected chi connectivity index (χ0v) is 11.7. The molecule has 1 fully saturated rings. The van der Waals surface area contributed by atoms with Crippen LogP contribution < -0.4 is 5.32 Å². The second kappa shape index (κ2) is 6.98. The molecule has 1 aromatic rings. The van der Waals surface area contributed by atoms with Gasteiger partial charge in [-0.05, 0) is 18.9 Å². The first-order valence-corrected chi connectivity index (χ1v) is 7.04. The molecule has 1 heterocycles. The van der Waals surface area contributed by atoms with Crippen LogP contribution in [0, 0.1) is 0 Å². The first-order chi connectivity index (χ1) is 9.35. The molecule has 2 rings (SSSR count). The molecule has 1 saturated heterocycles. The molecule has 1 atom stereocenters. The summed E-state index contributed by atoms with van der Waals surface area (Å²) in [7, 11) is 0. The summed E-state index contributed by atoms with van der Waals surface area (Å²) < 4.78 is 0. The maximum absolute atomic E-state index is 4.56. The summed E-state index contributed by atoms with van der Waals surface area (Å²) in [6.07, 6.45) is 3.03. The quantitative estimate of drug-likeness (QED) is 0.510. The Morgan fingerprint density at radius 2 is 2.26 bits per heavy atom. The van der Waals surface area contributed by atoms with Gasteiger partial charge in [0.05, 0.1) is 6.54 Å². The van der Waals surface area contributed by atoms with Crippen LogP contribution in [0.15, 0.2) is 48.0 Å². The molecular weight excluding hydrogens is 234 g/mol.